The lowest BCUT2D eigenvalue weighted by molar-refractivity contribution is 0.0117. The first-order chi connectivity index (χ1) is 8.89. The number of hydrazine groups is 1. The van der Waals surface area contributed by atoms with Crippen molar-refractivity contribution in [1.82, 2.24) is 5.43 Å². The van der Waals surface area contributed by atoms with Gasteiger partial charge in [0.15, 0.2) is 0 Å². The summed E-state index contributed by atoms with van der Waals surface area (Å²) in [5.41, 5.74) is 2.41. The molecule has 0 radical (unpaired) electrons. The Morgan fingerprint density at radius 1 is 1.32 bits per heavy atom. The molecule has 1 rings (SSSR count). The van der Waals surface area contributed by atoms with Crippen LogP contribution in [0.5, 0.6) is 0 Å². The number of hydrogen-bond acceptors (Lipinski definition) is 3. The van der Waals surface area contributed by atoms with Gasteiger partial charge in [0.2, 0.25) is 0 Å². The summed E-state index contributed by atoms with van der Waals surface area (Å²) >= 11 is 0. The van der Waals surface area contributed by atoms with Crippen molar-refractivity contribution in [3.05, 3.63) is 35.4 Å². The average Bonchev–Trinajstić information content (AvgIpc) is 2.37. The van der Waals surface area contributed by atoms with E-state index in [-0.39, 0.29) is 23.6 Å². The highest BCUT2D eigenvalue weighted by Gasteiger charge is 2.20. The molecule has 19 heavy (non-hydrogen) atoms. The summed E-state index contributed by atoms with van der Waals surface area (Å²) in [6.07, 6.45) is 1.63. The molecule has 1 aromatic carbocycles. The minimum Gasteiger partial charge on any atom is -0.379 e. The number of rotatable bonds is 7. The van der Waals surface area contributed by atoms with Crippen LogP contribution in [0, 0.1) is 11.6 Å². The van der Waals surface area contributed by atoms with Crippen molar-refractivity contribution in [2.24, 2.45) is 5.84 Å². The molecule has 0 heterocycles. The van der Waals surface area contributed by atoms with Crippen LogP contribution in [0.3, 0.4) is 0 Å². The maximum absolute atomic E-state index is 13.6. The van der Waals surface area contributed by atoms with Gasteiger partial charge in [0.1, 0.15) is 11.6 Å². The van der Waals surface area contributed by atoms with Crippen molar-refractivity contribution >= 4 is 0 Å². The van der Waals surface area contributed by atoms with Crippen LogP contribution >= 0.6 is 0 Å². The molecule has 0 aliphatic carbocycles. The van der Waals surface area contributed by atoms with Gasteiger partial charge in [-0.3, -0.25) is 11.3 Å². The van der Waals surface area contributed by atoms with Crippen LogP contribution in [0.4, 0.5) is 8.78 Å². The standard InChI is InChI=1S/C14H22F2N2O/c1-14(2,19-3)8-7-10(18-17)9-11-12(15)5-4-6-13(11)16/h4-6,10,18H,7-9,17H2,1-3H3. The Kier molecular flexibility index (Phi) is 5.85. The minimum absolute atomic E-state index is 0.0701. The zero-order valence-corrected chi connectivity index (χ0v) is 11.7. The third-order valence-corrected chi connectivity index (χ3v) is 3.40. The normalized spacial score (nSPS) is 13.6. The summed E-state index contributed by atoms with van der Waals surface area (Å²) in [6, 6.07) is 3.67. The molecule has 1 unspecified atom stereocenters. The summed E-state index contributed by atoms with van der Waals surface area (Å²) in [5, 5.41) is 0. The first-order valence-electron chi connectivity index (χ1n) is 6.34. The molecule has 0 saturated carbocycles. The molecule has 3 N–H and O–H groups in total. The number of hydrogen-bond donors (Lipinski definition) is 2. The van der Waals surface area contributed by atoms with Gasteiger partial charge in [-0.05, 0) is 45.2 Å². The lowest BCUT2D eigenvalue weighted by atomic mass is 9.95. The molecule has 5 heteroatoms. The first-order valence-corrected chi connectivity index (χ1v) is 6.34. The van der Waals surface area contributed by atoms with Crippen molar-refractivity contribution in [3.8, 4) is 0 Å². The van der Waals surface area contributed by atoms with E-state index in [2.05, 4.69) is 5.43 Å². The van der Waals surface area contributed by atoms with E-state index in [1.807, 2.05) is 13.8 Å². The highest BCUT2D eigenvalue weighted by Crippen LogP contribution is 2.20. The molecular weight excluding hydrogens is 250 g/mol. The molecule has 1 aromatic rings. The molecule has 0 fully saturated rings. The van der Waals surface area contributed by atoms with Crippen molar-refractivity contribution < 1.29 is 13.5 Å². The Labute approximate surface area is 113 Å². The lowest BCUT2D eigenvalue weighted by Crippen LogP contribution is -2.39. The Balaban J connectivity index is 2.67. The number of nitrogens with two attached hydrogens (primary N) is 1. The quantitative estimate of drug-likeness (QED) is 0.592. The van der Waals surface area contributed by atoms with Gasteiger partial charge in [-0.2, -0.15) is 0 Å². The zero-order valence-electron chi connectivity index (χ0n) is 11.7. The van der Waals surface area contributed by atoms with E-state index in [4.69, 9.17) is 10.6 Å². The number of benzene rings is 1. The van der Waals surface area contributed by atoms with E-state index in [9.17, 15) is 8.78 Å². The molecule has 0 aliphatic heterocycles. The Morgan fingerprint density at radius 2 is 1.89 bits per heavy atom. The van der Waals surface area contributed by atoms with Crippen molar-refractivity contribution in [3.63, 3.8) is 0 Å². The van der Waals surface area contributed by atoms with E-state index < -0.39 is 11.6 Å². The SMILES string of the molecule is COC(C)(C)CCC(Cc1c(F)cccc1F)NN. The second kappa shape index (κ2) is 6.93. The van der Waals surface area contributed by atoms with Crippen LogP contribution in [0.1, 0.15) is 32.3 Å². The smallest absolute Gasteiger partial charge is 0.129 e. The summed E-state index contributed by atoms with van der Waals surface area (Å²) in [4.78, 5) is 0. The predicted molar refractivity (Wildman–Crippen MR) is 71.5 cm³/mol. The van der Waals surface area contributed by atoms with Gasteiger partial charge in [0, 0.05) is 18.7 Å². The monoisotopic (exact) mass is 272 g/mol. The molecule has 0 amide bonds. The van der Waals surface area contributed by atoms with Gasteiger partial charge < -0.3 is 4.74 Å². The van der Waals surface area contributed by atoms with Crippen LogP contribution in [-0.4, -0.2) is 18.8 Å². The third kappa shape index (κ3) is 4.86. The number of methoxy groups -OCH3 is 1. The van der Waals surface area contributed by atoms with E-state index in [1.165, 1.54) is 18.2 Å². The van der Waals surface area contributed by atoms with Crippen molar-refractivity contribution in [1.29, 1.82) is 0 Å². The van der Waals surface area contributed by atoms with Gasteiger partial charge in [-0.25, -0.2) is 8.78 Å². The predicted octanol–water partition coefficient (Wildman–Crippen LogP) is 2.54. The fourth-order valence-electron chi connectivity index (χ4n) is 1.84. The summed E-state index contributed by atoms with van der Waals surface area (Å²) in [7, 11) is 1.64. The van der Waals surface area contributed by atoms with Crippen molar-refractivity contribution in [2.75, 3.05) is 7.11 Å². The van der Waals surface area contributed by atoms with Crippen LogP contribution in [-0.2, 0) is 11.2 Å². The molecule has 0 bridgehead atoms. The lowest BCUT2D eigenvalue weighted by Gasteiger charge is -2.25. The van der Waals surface area contributed by atoms with E-state index >= 15 is 0 Å². The van der Waals surface area contributed by atoms with Crippen LogP contribution < -0.4 is 11.3 Å². The van der Waals surface area contributed by atoms with E-state index in [0.717, 1.165) is 6.42 Å². The van der Waals surface area contributed by atoms with Gasteiger partial charge >= 0.3 is 0 Å². The maximum atomic E-state index is 13.6. The molecule has 0 aromatic heterocycles. The van der Waals surface area contributed by atoms with Gasteiger partial charge in [0.05, 0.1) is 5.60 Å². The van der Waals surface area contributed by atoms with Gasteiger partial charge in [-0.15, -0.1) is 0 Å². The summed E-state index contributed by atoms with van der Waals surface area (Å²) in [6.45, 7) is 3.93. The largest absolute Gasteiger partial charge is 0.379 e. The molecular formula is C14H22F2N2O. The van der Waals surface area contributed by atoms with E-state index in [0.29, 0.717) is 6.42 Å². The number of halogens is 2. The highest BCUT2D eigenvalue weighted by atomic mass is 19.1. The average molecular weight is 272 g/mol. The second-order valence-corrected chi connectivity index (χ2v) is 5.27. The molecule has 0 spiro atoms. The van der Waals surface area contributed by atoms with Crippen LogP contribution in [0.15, 0.2) is 18.2 Å². The first kappa shape index (κ1) is 16.0. The van der Waals surface area contributed by atoms with Gasteiger partial charge in [0.25, 0.3) is 0 Å². The number of ether oxygens (including phenoxy) is 1. The Bertz CT molecular complexity index is 390. The van der Waals surface area contributed by atoms with Crippen LogP contribution in [0.2, 0.25) is 0 Å². The molecule has 0 aliphatic rings. The van der Waals surface area contributed by atoms with E-state index in [1.54, 1.807) is 7.11 Å². The number of nitrogens with one attached hydrogen (secondary N) is 1. The highest BCUT2D eigenvalue weighted by molar-refractivity contribution is 5.20. The second-order valence-electron chi connectivity index (χ2n) is 5.27. The fraction of sp³-hybridized carbons (Fsp3) is 0.571. The topological polar surface area (TPSA) is 47.3 Å². The Hall–Kier alpha value is -1.04. The Morgan fingerprint density at radius 3 is 2.37 bits per heavy atom. The van der Waals surface area contributed by atoms with Crippen molar-refractivity contribution in [2.45, 2.75) is 44.8 Å². The molecule has 108 valence electrons. The molecule has 3 nitrogen and oxygen atoms in total. The molecule has 0 saturated heterocycles. The van der Waals surface area contributed by atoms with Gasteiger partial charge in [-0.1, -0.05) is 6.07 Å². The zero-order chi connectivity index (χ0) is 14.5. The maximum Gasteiger partial charge on any atom is 0.129 e. The minimum atomic E-state index is -0.536. The fourth-order valence-corrected chi connectivity index (χ4v) is 1.84. The summed E-state index contributed by atoms with van der Waals surface area (Å²) < 4.78 is 32.4. The summed E-state index contributed by atoms with van der Waals surface area (Å²) in [5.74, 6) is 4.38. The van der Waals surface area contributed by atoms with Crippen LogP contribution in [0.25, 0.3) is 0 Å². The third-order valence-electron chi connectivity index (χ3n) is 3.40. The molecule has 1 atom stereocenters.